The zero-order chi connectivity index (χ0) is 14.7. The molecule has 0 aliphatic rings. The summed E-state index contributed by atoms with van der Waals surface area (Å²) in [6.07, 6.45) is 1.71. The van der Waals surface area contributed by atoms with E-state index < -0.39 is 0 Å². The molecule has 0 saturated heterocycles. The Kier molecular flexibility index (Phi) is 3.77. The summed E-state index contributed by atoms with van der Waals surface area (Å²) in [6.45, 7) is 0. The second-order valence-electron chi connectivity index (χ2n) is 4.62. The van der Waals surface area contributed by atoms with E-state index in [1.165, 1.54) is 0 Å². The molecule has 106 valence electrons. The molecule has 3 rings (SSSR count). The predicted octanol–water partition coefficient (Wildman–Crippen LogP) is 2.19. The smallest absolute Gasteiger partial charge is 0.142 e. The molecule has 0 spiro atoms. The Morgan fingerprint density at radius 3 is 2.76 bits per heavy atom. The van der Waals surface area contributed by atoms with Crippen LogP contribution in [-0.4, -0.2) is 17.1 Å². The number of nitrogens with two attached hydrogens (primary N) is 1. The maximum atomic E-state index is 5.72. The van der Waals surface area contributed by atoms with Crippen molar-refractivity contribution < 1.29 is 4.74 Å². The third-order valence-electron chi connectivity index (χ3n) is 3.38. The number of rotatable bonds is 4. The molecule has 3 N–H and O–H groups in total. The minimum atomic E-state index is -0.328. The first-order chi connectivity index (χ1) is 10.3. The summed E-state index contributed by atoms with van der Waals surface area (Å²) in [7, 11) is 1.61. The summed E-state index contributed by atoms with van der Waals surface area (Å²) in [5.41, 5.74) is 5.20. The highest BCUT2D eigenvalue weighted by molar-refractivity contribution is 5.78. The van der Waals surface area contributed by atoms with Crippen molar-refractivity contribution in [3.05, 3.63) is 66.1 Å². The zero-order valence-corrected chi connectivity index (χ0v) is 11.7. The van der Waals surface area contributed by atoms with Crippen LogP contribution in [0.1, 0.15) is 17.4 Å². The van der Waals surface area contributed by atoms with Crippen LogP contribution in [0.4, 0.5) is 0 Å². The van der Waals surface area contributed by atoms with Crippen LogP contribution < -0.4 is 16.0 Å². The lowest BCUT2D eigenvalue weighted by molar-refractivity contribution is 0.399. The van der Waals surface area contributed by atoms with E-state index >= 15 is 0 Å². The van der Waals surface area contributed by atoms with Gasteiger partial charge in [0.1, 0.15) is 17.5 Å². The molecule has 21 heavy (non-hydrogen) atoms. The van der Waals surface area contributed by atoms with Gasteiger partial charge in [-0.1, -0.05) is 24.3 Å². The maximum Gasteiger partial charge on any atom is 0.142 e. The Labute approximate surface area is 122 Å². The molecule has 0 radical (unpaired) electrons. The van der Waals surface area contributed by atoms with Crippen molar-refractivity contribution in [1.82, 2.24) is 15.4 Å². The highest BCUT2D eigenvalue weighted by Crippen LogP contribution is 2.27. The van der Waals surface area contributed by atoms with Gasteiger partial charge in [-0.05, 0) is 24.3 Å². The van der Waals surface area contributed by atoms with Gasteiger partial charge in [-0.25, -0.2) is 5.43 Å². The largest absolute Gasteiger partial charge is 0.495 e. The number of hydrogen-bond donors (Lipinski definition) is 2. The van der Waals surface area contributed by atoms with Crippen molar-refractivity contribution in [2.24, 2.45) is 5.84 Å². The van der Waals surface area contributed by atoms with Crippen molar-refractivity contribution in [1.29, 1.82) is 0 Å². The minimum Gasteiger partial charge on any atom is -0.495 e. The summed E-state index contributed by atoms with van der Waals surface area (Å²) in [5.74, 6) is 6.40. The number of pyridine rings is 2. The van der Waals surface area contributed by atoms with E-state index in [-0.39, 0.29) is 6.04 Å². The average molecular weight is 280 g/mol. The number of ether oxygens (including phenoxy) is 1. The number of para-hydroxylation sites is 1. The molecule has 1 aromatic carbocycles. The molecule has 0 saturated carbocycles. The van der Waals surface area contributed by atoms with E-state index in [0.717, 1.165) is 16.6 Å². The number of hydrogen-bond acceptors (Lipinski definition) is 5. The molecule has 5 nitrogen and oxygen atoms in total. The Hall–Kier alpha value is -2.50. The van der Waals surface area contributed by atoms with Crippen LogP contribution in [0.3, 0.4) is 0 Å². The lowest BCUT2D eigenvalue weighted by Crippen LogP contribution is -2.30. The molecule has 0 bridgehead atoms. The van der Waals surface area contributed by atoms with Gasteiger partial charge >= 0.3 is 0 Å². The third kappa shape index (κ3) is 2.56. The van der Waals surface area contributed by atoms with Crippen molar-refractivity contribution in [2.75, 3.05) is 7.11 Å². The summed E-state index contributed by atoms with van der Waals surface area (Å²) < 4.78 is 5.35. The molecule has 2 heterocycles. The van der Waals surface area contributed by atoms with Crippen molar-refractivity contribution >= 4 is 10.9 Å². The maximum absolute atomic E-state index is 5.72. The van der Waals surface area contributed by atoms with Gasteiger partial charge in [0.2, 0.25) is 0 Å². The number of nitrogens with zero attached hydrogens (tertiary/aromatic N) is 2. The third-order valence-corrected chi connectivity index (χ3v) is 3.38. The van der Waals surface area contributed by atoms with E-state index in [1.807, 2.05) is 48.5 Å². The number of hydrazine groups is 1. The molecule has 1 atom stereocenters. The second-order valence-corrected chi connectivity index (χ2v) is 4.62. The van der Waals surface area contributed by atoms with Crippen LogP contribution in [-0.2, 0) is 0 Å². The van der Waals surface area contributed by atoms with Crippen LogP contribution >= 0.6 is 0 Å². The van der Waals surface area contributed by atoms with Gasteiger partial charge in [0, 0.05) is 11.6 Å². The molecule has 5 heteroatoms. The molecule has 0 fully saturated rings. The van der Waals surface area contributed by atoms with E-state index in [2.05, 4.69) is 15.4 Å². The standard InChI is InChI=1S/C16H16N4O/c1-21-14-7-4-10-18-16(14)15(20-17)13-9-8-11-5-2-3-6-12(11)19-13/h2-10,15,20H,17H2,1H3. The average Bonchev–Trinajstić information content (AvgIpc) is 2.56. The van der Waals surface area contributed by atoms with E-state index in [1.54, 1.807) is 13.3 Å². The molecular weight excluding hydrogens is 264 g/mol. The highest BCUT2D eigenvalue weighted by Gasteiger charge is 2.19. The summed E-state index contributed by atoms with van der Waals surface area (Å²) in [6, 6.07) is 15.3. The molecular formula is C16H16N4O. The fourth-order valence-corrected chi connectivity index (χ4v) is 2.34. The second kappa shape index (κ2) is 5.87. The summed E-state index contributed by atoms with van der Waals surface area (Å²) in [4.78, 5) is 9.03. The number of benzene rings is 1. The van der Waals surface area contributed by atoms with Gasteiger partial charge in [-0.15, -0.1) is 0 Å². The number of aromatic nitrogens is 2. The van der Waals surface area contributed by atoms with Crippen LogP contribution in [0, 0.1) is 0 Å². The Morgan fingerprint density at radius 1 is 1.10 bits per heavy atom. The van der Waals surface area contributed by atoms with Gasteiger partial charge in [-0.2, -0.15) is 0 Å². The summed E-state index contributed by atoms with van der Waals surface area (Å²) in [5, 5.41) is 1.09. The monoisotopic (exact) mass is 280 g/mol. The number of nitrogens with one attached hydrogen (secondary N) is 1. The predicted molar refractivity (Wildman–Crippen MR) is 81.7 cm³/mol. The van der Waals surface area contributed by atoms with E-state index in [9.17, 15) is 0 Å². The van der Waals surface area contributed by atoms with Crippen molar-refractivity contribution in [2.45, 2.75) is 6.04 Å². The number of methoxy groups -OCH3 is 1. The molecule has 1 unspecified atom stereocenters. The Bertz CT molecular complexity index is 760. The van der Waals surface area contributed by atoms with Gasteiger partial charge in [0.05, 0.1) is 18.3 Å². The topological polar surface area (TPSA) is 73.1 Å². The van der Waals surface area contributed by atoms with Crippen LogP contribution in [0.5, 0.6) is 5.75 Å². The number of fused-ring (bicyclic) bond motifs is 1. The first-order valence-corrected chi connectivity index (χ1v) is 6.64. The summed E-state index contributed by atoms with van der Waals surface area (Å²) >= 11 is 0. The van der Waals surface area contributed by atoms with E-state index in [0.29, 0.717) is 11.4 Å². The van der Waals surface area contributed by atoms with Crippen LogP contribution in [0.2, 0.25) is 0 Å². The molecule has 2 aromatic heterocycles. The SMILES string of the molecule is COc1cccnc1C(NN)c1ccc2ccccc2n1. The molecule has 0 amide bonds. The zero-order valence-electron chi connectivity index (χ0n) is 11.7. The fraction of sp³-hybridized carbons (Fsp3) is 0.125. The van der Waals surface area contributed by atoms with Crippen LogP contribution in [0.15, 0.2) is 54.7 Å². The van der Waals surface area contributed by atoms with Gasteiger partial charge in [0.15, 0.2) is 0 Å². The molecule has 0 aliphatic carbocycles. The van der Waals surface area contributed by atoms with Gasteiger partial charge in [0.25, 0.3) is 0 Å². The van der Waals surface area contributed by atoms with Crippen molar-refractivity contribution in [3.63, 3.8) is 0 Å². The lowest BCUT2D eigenvalue weighted by atomic mass is 10.1. The molecule has 0 aliphatic heterocycles. The fourth-order valence-electron chi connectivity index (χ4n) is 2.34. The van der Waals surface area contributed by atoms with Crippen molar-refractivity contribution in [3.8, 4) is 5.75 Å². The first kappa shape index (κ1) is 13.5. The van der Waals surface area contributed by atoms with Gasteiger partial charge in [-0.3, -0.25) is 15.8 Å². The van der Waals surface area contributed by atoms with Gasteiger partial charge < -0.3 is 4.74 Å². The quantitative estimate of drug-likeness (QED) is 0.566. The van der Waals surface area contributed by atoms with Crippen LogP contribution in [0.25, 0.3) is 10.9 Å². The van der Waals surface area contributed by atoms with E-state index in [4.69, 9.17) is 10.6 Å². The lowest BCUT2D eigenvalue weighted by Gasteiger charge is -2.17. The molecule has 3 aromatic rings. The Balaban J connectivity index is 2.09. The highest BCUT2D eigenvalue weighted by atomic mass is 16.5. The first-order valence-electron chi connectivity index (χ1n) is 6.64. The minimum absolute atomic E-state index is 0.328. The normalized spacial score (nSPS) is 12.3. The Morgan fingerprint density at radius 2 is 1.95 bits per heavy atom.